The number of nitrogens with zero attached hydrogens (tertiary/aromatic N) is 2. The second kappa shape index (κ2) is 7.09. The van der Waals surface area contributed by atoms with Crippen LogP contribution >= 0.6 is 11.3 Å². The Morgan fingerprint density at radius 2 is 2.24 bits per heavy atom. The molecular formula is C13H25N3S. The standard InChI is InChI=1S/C13H25N3S/c1-5-6-10(2)13(7-14)16(4)8-12-9-17-11(3)15-12/h9-10,13H,5-8,14H2,1-4H3. The molecule has 3 nitrogen and oxygen atoms in total. The second-order valence-electron chi connectivity index (χ2n) is 4.84. The molecule has 2 atom stereocenters. The van der Waals surface area contributed by atoms with Crippen molar-refractivity contribution in [2.45, 2.75) is 46.2 Å². The van der Waals surface area contributed by atoms with Crippen molar-refractivity contribution in [2.24, 2.45) is 11.7 Å². The van der Waals surface area contributed by atoms with Gasteiger partial charge in [0.25, 0.3) is 0 Å². The van der Waals surface area contributed by atoms with Crippen molar-refractivity contribution in [1.29, 1.82) is 0 Å². The highest BCUT2D eigenvalue weighted by atomic mass is 32.1. The average Bonchev–Trinajstić information content (AvgIpc) is 2.65. The second-order valence-corrected chi connectivity index (χ2v) is 5.90. The third-order valence-corrected chi connectivity index (χ3v) is 4.11. The van der Waals surface area contributed by atoms with Gasteiger partial charge >= 0.3 is 0 Å². The molecule has 0 aliphatic rings. The third kappa shape index (κ3) is 4.37. The highest BCUT2D eigenvalue weighted by molar-refractivity contribution is 7.09. The molecule has 0 saturated carbocycles. The molecule has 0 spiro atoms. The molecule has 0 aliphatic heterocycles. The number of likely N-dealkylation sites (N-methyl/N-ethyl adjacent to an activating group) is 1. The van der Waals surface area contributed by atoms with Crippen LogP contribution in [0, 0.1) is 12.8 Å². The maximum Gasteiger partial charge on any atom is 0.0897 e. The average molecular weight is 255 g/mol. The van der Waals surface area contributed by atoms with Gasteiger partial charge in [-0.15, -0.1) is 11.3 Å². The van der Waals surface area contributed by atoms with E-state index in [-0.39, 0.29) is 0 Å². The minimum absolute atomic E-state index is 0.456. The summed E-state index contributed by atoms with van der Waals surface area (Å²) in [6, 6.07) is 0.456. The van der Waals surface area contributed by atoms with Crippen molar-refractivity contribution in [3.63, 3.8) is 0 Å². The lowest BCUT2D eigenvalue weighted by molar-refractivity contribution is 0.173. The molecule has 1 rings (SSSR count). The van der Waals surface area contributed by atoms with Crippen LogP contribution in [-0.4, -0.2) is 29.5 Å². The molecule has 1 aromatic heterocycles. The van der Waals surface area contributed by atoms with Gasteiger partial charge in [-0.2, -0.15) is 0 Å². The fraction of sp³-hybridized carbons (Fsp3) is 0.769. The summed E-state index contributed by atoms with van der Waals surface area (Å²) in [5.74, 6) is 0.648. The maximum absolute atomic E-state index is 5.90. The summed E-state index contributed by atoms with van der Waals surface area (Å²) in [7, 11) is 2.15. The summed E-state index contributed by atoms with van der Waals surface area (Å²) in [4.78, 5) is 6.85. The van der Waals surface area contributed by atoms with E-state index in [0.717, 1.165) is 23.8 Å². The predicted molar refractivity (Wildman–Crippen MR) is 75.2 cm³/mol. The molecule has 4 heteroatoms. The van der Waals surface area contributed by atoms with E-state index in [1.807, 2.05) is 6.92 Å². The first-order valence-electron chi connectivity index (χ1n) is 6.39. The lowest BCUT2D eigenvalue weighted by atomic mass is 9.96. The van der Waals surface area contributed by atoms with Gasteiger partial charge < -0.3 is 5.73 Å². The van der Waals surface area contributed by atoms with E-state index in [2.05, 4.69) is 36.2 Å². The Kier molecular flexibility index (Phi) is 6.09. The van der Waals surface area contributed by atoms with Crippen molar-refractivity contribution in [1.82, 2.24) is 9.88 Å². The van der Waals surface area contributed by atoms with Gasteiger partial charge in [-0.3, -0.25) is 4.90 Å². The van der Waals surface area contributed by atoms with Crippen molar-refractivity contribution in [2.75, 3.05) is 13.6 Å². The predicted octanol–water partition coefficient (Wildman–Crippen LogP) is 2.65. The smallest absolute Gasteiger partial charge is 0.0897 e. The highest BCUT2D eigenvalue weighted by Crippen LogP contribution is 2.17. The Labute approximate surface area is 109 Å². The van der Waals surface area contributed by atoms with Crippen LogP contribution in [0.25, 0.3) is 0 Å². The fourth-order valence-electron chi connectivity index (χ4n) is 2.35. The molecule has 17 heavy (non-hydrogen) atoms. The van der Waals surface area contributed by atoms with Crippen LogP contribution < -0.4 is 5.73 Å². The number of hydrogen-bond donors (Lipinski definition) is 1. The van der Waals surface area contributed by atoms with Gasteiger partial charge in [0.15, 0.2) is 0 Å². The Hall–Kier alpha value is -0.450. The molecule has 0 amide bonds. The lowest BCUT2D eigenvalue weighted by Gasteiger charge is -2.31. The maximum atomic E-state index is 5.90. The van der Waals surface area contributed by atoms with Gasteiger partial charge in [0.2, 0.25) is 0 Å². The summed E-state index contributed by atoms with van der Waals surface area (Å²) in [5, 5.41) is 3.28. The van der Waals surface area contributed by atoms with Crippen LogP contribution in [0.4, 0.5) is 0 Å². The lowest BCUT2D eigenvalue weighted by Crippen LogP contribution is -2.42. The van der Waals surface area contributed by atoms with Crippen LogP contribution in [-0.2, 0) is 6.54 Å². The molecule has 0 fully saturated rings. The van der Waals surface area contributed by atoms with Crippen LogP contribution in [0.15, 0.2) is 5.38 Å². The van der Waals surface area contributed by atoms with E-state index in [1.165, 1.54) is 12.8 Å². The Morgan fingerprint density at radius 3 is 2.71 bits per heavy atom. The summed E-state index contributed by atoms with van der Waals surface area (Å²) in [5.41, 5.74) is 7.07. The SMILES string of the molecule is CCCC(C)C(CN)N(C)Cc1csc(C)n1. The first kappa shape index (κ1) is 14.6. The van der Waals surface area contributed by atoms with Crippen LogP contribution in [0.2, 0.25) is 0 Å². The van der Waals surface area contributed by atoms with Crippen LogP contribution in [0.1, 0.15) is 37.4 Å². The van der Waals surface area contributed by atoms with Crippen LogP contribution in [0.3, 0.4) is 0 Å². The van der Waals surface area contributed by atoms with E-state index < -0.39 is 0 Å². The van der Waals surface area contributed by atoms with E-state index in [1.54, 1.807) is 11.3 Å². The van der Waals surface area contributed by atoms with Crippen molar-refractivity contribution < 1.29 is 0 Å². The van der Waals surface area contributed by atoms with Gasteiger partial charge in [-0.1, -0.05) is 20.3 Å². The van der Waals surface area contributed by atoms with E-state index in [9.17, 15) is 0 Å². The van der Waals surface area contributed by atoms with Crippen molar-refractivity contribution in [3.05, 3.63) is 16.1 Å². The molecule has 0 aromatic carbocycles. The normalized spacial score (nSPS) is 15.2. The number of nitrogens with two attached hydrogens (primary N) is 1. The number of hydrogen-bond acceptors (Lipinski definition) is 4. The first-order chi connectivity index (χ1) is 8.08. The number of aryl methyl sites for hydroxylation is 1. The molecule has 1 heterocycles. The Balaban J connectivity index is 2.56. The highest BCUT2D eigenvalue weighted by Gasteiger charge is 2.20. The zero-order valence-electron chi connectivity index (χ0n) is 11.4. The summed E-state index contributed by atoms with van der Waals surface area (Å²) in [6.45, 7) is 8.20. The Bertz CT molecular complexity index is 324. The molecule has 0 saturated heterocycles. The summed E-state index contributed by atoms with van der Waals surface area (Å²) in [6.07, 6.45) is 2.46. The number of thiazole rings is 1. The molecule has 98 valence electrons. The molecule has 0 bridgehead atoms. The Morgan fingerprint density at radius 1 is 1.53 bits per heavy atom. The van der Waals surface area contributed by atoms with Gasteiger partial charge in [-0.05, 0) is 26.3 Å². The molecular weight excluding hydrogens is 230 g/mol. The summed E-state index contributed by atoms with van der Waals surface area (Å²) >= 11 is 1.72. The quantitative estimate of drug-likeness (QED) is 0.814. The topological polar surface area (TPSA) is 42.1 Å². The van der Waals surface area contributed by atoms with E-state index >= 15 is 0 Å². The first-order valence-corrected chi connectivity index (χ1v) is 7.27. The van der Waals surface area contributed by atoms with Crippen molar-refractivity contribution >= 4 is 11.3 Å². The van der Waals surface area contributed by atoms with Crippen LogP contribution in [0.5, 0.6) is 0 Å². The largest absolute Gasteiger partial charge is 0.329 e. The molecule has 1 aromatic rings. The van der Waals surface area contributed by atoms with Crippen molar-refractivity contribution in [3.8, 4) is 0 Å². The molecule has 2 N–H and O–H groups in total. The van der Waals surface area contributed by atoms with Gasteiger partial charge in [0, 0.05) is 24.5 Å². The molecule has 0 radical (unpaired) electrons. The fourth-order valence-corrected chi connectivity index (χ4v) is 2.95. The number of aromatic nitrogens is 1. The van der Waals surface area contributed by atoms with Gasteiger partial charge in [0.05, 0.1) is 10.7 Å². The van der Waals surface area contributed by atoms with Gasteiger partial charge in [-0.25, -0.2) is 4.98 Å². The number of rotatable bonds is 7. The monoisotopic (exact) mass is 255 g/mol. The third-order valence-electron chi connectivity index (χ3n) is 3.29. The minimum atomic E-state index is 0.456. The minimum Gasteiger partial charge on any atom is -0.329 e. The van der Waals surface area contributed by atoms with Gasteiger partial charge in [0.1, 0.15) is 0 Å². The molecule has 0 aliphatic carbocycles. The zero-order chi connectivity index (χ0) is 12.8. The van der Waals surface area contributed by atoms with E-state index in [0.29, 0.717) is 12.0 Å². The summed E-state index contributed by atoms with van der Waals surface area (Å²) < 4.78 is 0. The zero-order valence-corrected chi connectivity index (χ0v) is 12.3. The molecule has 2 unspecified atom stereocenters. The van der Waals surface area contributed by atoms with E-state index in [4.69, 9.17) is 5.73 Å².